The number of carbonyl (C=O) groups is 1. The van der Waals surface area contributed by atoms with Gasteiger partial charge in [0.1, 0.15) is 18.0 Å². The molecule has 0 fully saturated rings. The predicted molar refractivity (Wildman–Crippen MR) is 98.7 cm³/mol. The average Bonchev–Trinajstić information content (AvgIpc) is 2.54. The molecule has 136 valence electrons. The third-order valence-corrected chi connectivity index (χ3v) is 3.87. The second-order valence-corrected chi connectivity index (χ2v) is 6.40. The lowest BCUT2D eigenvalue weighted by atomic mass is 9.97. The number of ether oxygens (including phenoxy) is 2. The molecule has 1 rings (SSSR count). The zero-order chi connectivity index (χ0) is 18.0. The number of benzene rings is 1. The van der Waals surface area contributed by atoms with Crippen LogP contribution in [0, 0.1) is 0 Å². The van der Waals surface area contributed by atoms with E-state index in [1.807, 2.05) is 52.2 Å². The van der Waals surface area contributed by atoms with Crippen LogP contribution in [0.1, 0.15) is 40.0 Å². The van der Waals surface area contributed by atoms with E-state index in [4.69, 9.17) is 9.47 Å². The number of nitrogens with zero attached hydrogens (tertiary/aromatic N) is 1. The summed E-state index contributed by atoms with van der Waals surface area (Å²) >= 11 is 0. The highest BCUT2D eigenvalue weighted by atomic mass is 16.5. The molecule has 1 aromatic rings. The van der Waals surface area contributed by atoms with E-state index < -0.39 is 5.60 Å². The Labute approximate surface area is 146 Å². The maximum atomic E-state index is 12.6. The third-order valence-electron chi connectivity index (χ3n) is 3.87. The van der Waals surface area contributed by atoms with Gasteiger partial charge in [0.2, 0.25) is 0 Å². The monoisotopic (exact) mass is 336 g/mol. The predicted octanol–water partition coefficient (Wildman–Crippen LogP) is 3.55. The molecule has 0 radical (unpaired) electrons. The topological polar surface area (TPSA) is 50.8 Å². The molecular weight excluding hydrogens is 304 g/mol. The van der Waals surface area contributed by atoms with Gasteiger partial charge in [-0.2, -0.15) is 0 Å². The van der Waals surface area contributed by atoms with Gasteiger partial charge in [0.05, 0.1) is 0 Å². The maximum absolute atomic E-state index is 12.6. The summed E-state index contributed by atoms with van der Waals surface area (Å²) in [5, 5.41) is 2.95. The Morgan fingerprint density at radius 3 is 2.42 bits per heavy atom. The van der Waals surface area contributed by atoms with E-state index in [-0.39, 0.29) is 5.91 Å². The lowest BCUT2D eigenvalue weighted by molar-refractivity contribution is -0.139. The molecule has 0 bridgehead atoms. The summed E-state index contributed by atoms with van der Waals surface area (Å²) in [6, 6.07) is 7.45. The molecule has 0 saturated carbocycles. The number of carbonyl (C=O) groups excluding carboxylic acids is 1. The van der Waals surface area contributed by atoms with Gasteiger partial charge < -0.3 is 19.7 Å². The van der Waals surface area contributed by atoms with Gasteiger partial charge in [-0.25, -0.2) is 0 Å². The zero-order valence-corrected chi connectivity index (χ0v) is 15.7. The van der Waals surface area contributed by atoms with Gasteiger partial charge in [0.15, 0.2) is 0 Å². The van der Waals surface area contributed by atoms with Crippen LogP contribution in [0.3, 0.4) is 0 Å². The molecule has 24 heavy (non-hydrogen) atoms. The highest BCUT2D eigenvalue weighted by molar-refractivity contribution is 5.97. The molecule has 0 aliphatic rings. The Morgan fingerprint density at radius 1 is 1.21 bits per heavy atom. The minimum Gasteiger partial charge on any atom is -0.492 e. The van der Waals surface area contributed by atoms with Gasteiger partial charge in [0.25, 0.3) is 5.91 Å². The van der Waals surface area contributed by atoms with Gasteiger partial charge in [0, 0.05) is 18.8 Å². The first-order chi connectivity index (χ1) is 11.4. The number of hydrogen-bond acceptors (Lipinski definition) is 4. The molecule has 0 aliphatic heterocycles. The van der Waals surface area contributed by atoms with Crippen molar-refractivity contribution < 1.29 is 14.3 Å². The second kappa shape index (κ2) is 10.3. The molecule has 0 unspecified atom stereocenters. The number of amides is 1. The Morgan fingerprint density at radius 2 is 1.88 bits per heavy atom. The second-order valence-electron chi connectivity index (χ2n) is 6.40. The summed E-state index contributed by atoms with van der Waals surface area (Å²) < 4.78 is 11.4. The molecule has 0 heterocycles. The zero-order valence-electron chi connectivity index (χ0n) is 15.7. The lowest BCUT2D eigenvalue weighted by Crippen LogP contribution is -2.42. The molecule has 5 nitrogen and oxygen atoms in total. The van der Waals surface area contributed by atoms with Crippen LogP contribution in [-0.4, -0.2) is 50.3 Å². The first-order valence-electron chi connectivity index (χ1n) is 8.74. The Bertz CT molecular complexity index is 488. The maximum Gasteiger partial charge on any atom is 0.256 e. The van der Waals surface area contributed by atoms with Crippen LogP contribution >= 0.6 is 0 Å². The molecule has 0 aromatic heterocycles. The van der Waals surface area contributed by atoms with Gasteiger partial charge in [-0.1, -0.05) is 19.8 Å². The number of unbranched alkanes of at least 4 members (excludes halogenated alkanes) is 1. The Hall–Kier alpha value is -1.59. The summed E-state index contributed by atoms with van der Waals surface area (Å²) in [7, 11) is 4.02. The van der Waals surface area contributed by atoms with E-state index in [0.717, 1.165) is 37.2 Å². The van der Waals surface area contributed by atoms with Crippen LogP contribution in [-0.2, 0) is 9.53 Å². The van der Waals surface area contributed by atoms with Crippen molar-refractivity contribution in [3.63, 3.8) is 0 Å². The largest absolute Gasteiger partial charge is 0.492 e. The minimum absolute atomic E-state index is 0.0981. The summed E-state index contributed by atoms with van der Waals surface area (Å²) in [6.07, 6.45) is 2.71. The summed E-state index contributed by atoms with van der Waals surface area (Å²) in [4.78, 5) is 14.7. The van der Waals surface area contributed by atoms with Crippen LogP contribution in [0.4, 0.5) is 5.69 Å². The quantitative estimate of drug-likeness (QED) is 0.671. The number of rotatable bonds is 11. The van der Waals surface area contributed by atoms with Crippen molar-refractivity contribution in [2.24, 2.45) is 0 Å². The smallest absolute Gasteiger partial charge is 0.256 e. The van der Waals surface area contributed by atoms with Crippen molar-refractivity contribution in [1.82, 2.24) is 4.90 Å². The first-order valence-corrected chi connectivity index (χ1v) is 8.74. The van der Waals surface area contributed by atoms with E-state index in [0.29, 0.717) is 13.2 Å². The number of anilines is 1. The van der Waals surface area contributed by atoms with Crippen molar-refractivity contribution in [2.45, 2.75) is 45.6 Å². The molecule has 1 aromatic carbocycles. The molecule has 0 spiro atoms. The summed E-state index contributed by atoms with van der Waals surface area (Å²) in [5.41, 5.74) is -0.0339. The lowest BCUT2D eigenvalue weighted by Gasteiger charge is -2.28. The van der Waals surface area contributed by atoms with Crippen LogP contribution in [0.5, 0.6) is 5.75 Å². The Kier molecular flexibility index (Phi) is 8.79. The van der Waals surface area contributed by atoms with Crippen LogP contribution in [0.15, 0.2) is 24.3 Å². The number of nitrogens with one attached hydrogen (secondary N) is 1. The standard InChI is InChI=1S/C19H32N2O3/c1-6-8-13-19(3,24-7-2)18(22)20-16-9-11-17(12-10-16)23-15-14-21(4)5/h9-12H,6-8,13-15H2,1-5H3,(H,20,22)/t19-/m0/s1. The highest BCUT2D eigenvalue weighted by Crippen LogP contribution is 2.23. The molecule has 1 N–H and O–H groups in total. The first kappa shape index (κ1) is 20.5. The van der Waals surface area contributed by atoms with Crippen molar-refractivity contribution >= 4 is 11.6 Å². The molecule has 1 atom stereocenters. The van der Waals surface area contributed by atoms with Crippen molar-refractivity contribution in [3.05, 3.63) is 24.3 Å². The highest BCUT2D eigenvalue weighted by Gasteiger charge is 2.33. The van der Waals surface area contributed by atoms with E-state index in [1.165, 1.54) is 0 Å². The van der Waals surface area contributed by atoms with E-state index in [2.05, 4.69) is 17.1 Å². The fourth-order valence-corrected chi connectivity index (χ4v) is 2.33. The van der Waals surface area contributed by atoms with Crippen LogP contribution in [0.2, 0.25) is 0 Å². The molecular formula is C19H32N2O3. The molecule has 0 saturated heterocycles. The number of hydrogen-bond donors (Lipinski definition) is 1. The van der Waals surface area contributed by atoms with Gasteiger partial charge >= 0.3 is 0 Å². The average molecular weight is 336 g/mol. The Balaban J connectivity index is 2.61. The SMILES string of the molecule is CCCC[C@](C)(OCC)C(=O)Nc1ccc(OCCN(C)C)cc1. The molecule has 5 heteroatoms. The van der Waals surface area contributed by atoms with E-state index in [1.54, 1.807) is 0 Å². The van der Waals surface area contributed by atoms with Crippen LogP contribution in [0.25, 0.3) is 0 Å². The fourth-order valence-electron chi connectivity index (χ4n) is 2.33. The van der Waals surface area contributed by atoms with E-state index >= 15 is 0 Å². The fraction of sp³-hybridized carbons (Fsp3) is 0.632. The normalized spacial score (nSPS) is 13.6. The van der Waals surface area contributed by atoms with Gasteiger partial charge in [-0.15, -0.1) is 0 Å². The van der Waals surface area contributed by atoms with Crippen LogP contribution < -0.4 is 10.1 Å². The van der Waals surface area contributed by atoms with Gasteiger partial charge in [-0.3, -0.25) is 4.79 Å². The summed E-state index contributed by atoms with van der Waals surface area (Å²) in [5.74, 6) is 0.701. The molecule has 1 amide bonds. The van der Waals surface area contributed by atoms with Crippen molar-refractivity contribution in [2.75, 3.05) is 39.2 Å². The third kappa shape index (κ3) is 6.89. The minimum atomic E-state index is -0.786. The molecule has 0 aliphatic carbocycles. The van der Waals surface area contributed by atoms with Crippen molar-refractivity contribution in [3.8, 4) is 5.75 Å². The van der Waals surface area contributed by atoms with Crippen molar-refractivity contribution in [1.29, 1.82) is 0 Å². The summed E-state index contributed by atoms with van der Waals surface area (Å²) in [6.45, 7) is 7.91. The van der Waals surface area contributed by atoms with E-state index in [9.17, 15) is 4.79 Å². The van der Waals surface area contributed by atoms with Gasteiger partial charge in [-0.05, 0) is 58.6 Å². The number of likely N-dealkylation sites (N-methyl/N-ethyl adjacent to an activating group) is 1.